The Morgan fingerprint density at radius 2 is 2.25 bits per heavy atom. The molecule has 0 spiro atoms. The molecule has 4 nitrogen and oxygen atoms in total. The molecule has 1 N–H and O–H groups in total. The molecular formula is C24H32N4. The summed E-state index contributed by atoms with van der Waals surface area (Å²) < 4.78 is 0. The second kappa shape index (κ2) is 8.59. The molecule has 1 aromatic rings. The lowest BCUT2D eigenvalue weighted by atomic mass is 9.82. The Labute approximate surface area is 169 Å². The summed E-state index contributed by atoms with van der Waals surface area (Å²) in [6.45, 7) is 18.9. The van der Waals surface area contributed by atoms with Crippen LogP contribution in [0.1, 0.15) is 45.4 Å². The zero-order chi connectivity index (χ0) is 20.3. The molecule has 2 atom stereocenters. The molecule has 3 rings (SSSR count). The molecule has 0 radical (unpaired) electrons. The van der Waals surface area contributed by atoms with Crippen molar-refractivity contribution in [3.8, 4) is 0 Å². The third-order valence-electron chi connectivity index (χ3n) is 5.90. The van der Waals surface area contributed by atoms with Gasteiger partial charge in [-0.3, -0.25) is 4.99 Å². The number of H-pyrrole nitrogens is 1. The van der Waals surface area contributed by atoms with Crippen molar-refractivity contribution in [2.75, 3.05) is 13.1 Å². The number of hydrogen-bond acceptors (Lipinski definition) is 3. The van der Waals surface area contributed by atoms with Gasteiger partial charge in [0.15, 0.2) is 0 Å². The lowest BCUT2D eigenvalue weighted by molar-refractivity contribution is 0.307. The van der Waals surface area contributed by atoms with Crippen LogP contribution in [0.25, 0.3) is 0 Å². The molecule has 0 saturated carbocycles. The van der Waals surface area contributed by atoms with E-state index in [4.69, 9.17) is 4.99 Å². The van der Waals surface area contributed by atoms with Crippen LogP contribution in [0.5, 0.6) is 0 Å². The number of hydrogen-bond donors (Lipinski definition) is 1. The number of rotatable bonds is 5. The maximum Gasteiger partial charge on any atom is 0.121 e. The second-order valence-corrected chi connectivity index (χ2v) is 7.79. The quantitative estimate of drug-likeness (QED) is 0.716. The van der Waals surface area contributed by atoms with Crippen LogP contribution >= 0.6 is 0 Å². The van der Waals surface area contributed by atoms with E-state index in [2.05, 4.69) is 47.9 Å². The zero-order valence-electron chi connectivity index (χ0n) is 17.6. The first-order chi connectivity index (χ1) is 13.4. The smallest absolute Gasteiger partial charge is 0.121 e. The fourth-order valence-corrected chi connectivity index (χ4v) is 3.93. The third-order valence-corrected chi connectivity index (χ3v) is 5.90. The lowest BCUT2D eigenvalue weighted by Crippen LogP contribution is -2.37. The number of aliphatic imine (C=N–C) groups is 2. The van der Waals surface area contributed by atoms with Gasteiger partial charge < -0.3 is 9.88 Å². The van der Waals surface area contributed by atoms with E-state index in [1.165, 1.54) is 22.3 Å². The molecule has 0 aliphatic carbocycles. The normalized spacial score (nSPS) is 24.6. The largest absolute Gasteiger partial charge is 0.360 e. The minimum atomic E-state index is 0.189. The van der Waals surface area contributed by atoms with E-state index in [0.717, 1.165) is 43.0 Å². The second-order valence-electron chi connectivity index (χ2n) is 7.79. The topological polar surface area (TPSA) is 43.8 Å². The van der Waals surface area contributed by atoms with Crippen LogP contribution in [-0.4, -0.2) is 41.4 Å². The van der Waals surface area contributed by atoms with Crippen LogP contribution < -0.4 is 0 Å². The van der Waals surface area contributed by atoms with Gasteiger partial charge in [0.05, 0.1) is 11.7 Å². The predicted molar refractivity (Wildman–Crippen MR) is 120 cm³/mol. The van der Waals surface area contributed by atoms with E-state index in [1.807, 2.05) is 38.5 Å². The summed E-state index contributed by atoms with van der Waals surface area (Å²) in [6.07, 6.45) is 9.84. The van der Waals surface area contributed by atoms with Gasteiger partial charge in [0, 0.05) is 38.1 Å². The van der Waals surface area contributed by atoms with Gasteiger partial charge >= 0.3 is 0 Å². The monoisotopic (exact) mass is 376 g/mol. The highest BCUT2D eigenvalue weighted by atomic mass is 15.2. The molecule has 1 fully saturated rings. The van der Waals surface area contributed by atoms with Crippen molar-refractivity contribution in [1.29, 1.82) is 0 Å². The summed E-state index contributed by atoms with van der Waals surface area (Å²) in [7, 11) is 0. The Bertz CT molecular complexity index is 878. The predicted octanol–water partition coefficient (Wildman–Crippen LogP) is 5.08. The van der Waals surface area contributed by atoms with Gasteiger partial charge in [-0.1, -0.05) is 33.1 Å². The molecule has 3 heterocycles. The molecule has 2 aliphatic heterocycles. The van der Waals surface area contributed by atoms with Crippen LogP contribution in [0.4, 0.5) is 0 Å². The SMILES string of the molecule is C=C1/C(=C(\CC)C2Cc3cc[nH]c3C=N2)CN(C(=C)/N=C\C(C)=C/C)CC1C. The first kappa shape index (κ1) is 20.1. The van der Waals surface area contributed by atoms with Gasteiger partial charge in [0.1, 0.15) is 5.82 Å². The third kappa shape index (κ3) is 4.11. The number of likely N-dealkylation sites (tertiary alicyclic amines) is 1. The van der Waals surface area contributed by atoms with Crippen LogP contribution in [-0.2, 0) is 6.42 Å². The molecule has 0 aromatic carbocycles. The van der Waals surface area contributed by atoms with Gasteiger partial charge in [0.25, 0.3) is 0 Å². The van der Waals surface area contributed by atoms with Gasteiger partial charge in [0.2, 0.25) is 0 Å². The minimum absolute atomic E-state index is 0.189. The highest BCUT2D eigenvalue weighted by Crippen LogP contribution is 2.34. The number of nitrogens with one attached hydrogen (secondary N) is 1. The van der Waals surface area contributed by atoms with Gasteiger partial charge in [-0.2, -0.15) is 0 Å². The molecule has 148 valence electrons. The maximum atomic E-state index is 4.86. The molecule has 2 unspecified atom stereocenters. The Morgan fingerprint density at radius 3 is 2.96 bits per heavy atom. The van der Waals surface area contributed by atoms with E-state index in [-0.39, 0.29) is 6.04 Å². The summed E-state index contributed by atoms with van der Waals surface area (Å²) in [5.74, 6) is 1.18. The van der Waals surface area contributed by atoms with Gasteiger partial charge in [-0.05, 0) is 60.1 Å². The van der Waals surface area contributed by atoms with E-state index in [9.17, 15) is 0 Å². The molecule has 1 aromatic heterocycles. The molecule has 1 saturated heterocycles. The standard InChI is InChI=1S/C24H32N4/c1-7-16(3)12-26-19(6)28-14-17(4)18(5)22(15-28)21(8-2)23-11-20-9-10-25-24(20)13-27-23/h7,9-10,12-13,17,23,25H,5-6,8,11,14-15H2,1-4H3/b16-7-,22-21+,26-12-. The van der Waals surface area contributed by atoms with E-state index < -0.39 is 0 Å². The van der Waals surface area contributed by atoms with Crippen LogP contribution in [0, 0.1) is 5.92 Å². The number of piperidine rings is 1. The van der Waals surface area contributed by atoms with Crippen LogP contribution in [0.2, 0.25) is 0 Å². The fraction of sp³-hybridized carbons (Fsp3) is 0.417. The summed E-state index contributed by atoms with van der Waals surface area (Å²) in [5.41, 5.74) is 7.58. The van der Waals surface area contributed by atoms with Crippen LogP contribution in [0.3, 0.4) is 0 Å². The number of aromatic nitrogens is 1. The molecule has 0 amide bonds. The number of allylic oxidation sites excluding steroid dienone is 2. The first-order valence-electron chi connectivity index (χ1n) is 10.2. The van der Waals surface area contributed by atoms with Crippen molar-refractivity contribution in [1.82, 2.24) is 9.88 Å². The van der Waals surface area contributed by atoms with Crippen molar-refractivity contribution in [2.24, 2.45) is 15.9 Å². The molecule has 0 bridgehead atoms. The summed E-state index contributed by atoms with van der Waals surface area (Å²) in [5, 5.41) is 0. The highest BCUT2D eigenvalue weighted by molar-refractivity contribution is 5.81. The Morgan fingerprint density at radius 1 is 1.46 bits per heavy atom. The van der Waals surface area contributed by atoms with Crippen molar-refractivity contribution in [3.63, 3.8) is 0 Å². The van der Waals surface area contributed by atoms with Crippen molar-refractivity contribution >= 4 is 12.4 Å². The van der Waals surface area contributed by atoms with Crippen LogP contribution in [0.15, 0.2) is 69.6 Å². The maximum absolute atomic E-state index is 4.86. The van der Waals surface area contributed by atoms with E-state index in [0.29, 0.717) is 5.92 Å². The Balaban J connectivity index is 1.88. The fourth-order valence-electron chi connectivity index (χ4n) is 3.93. The summed E-state index contributed by atoms with van der Waals surface area (Å²) >= 11 is 0. The van der Waals surface area contributed by atoms with E-state index in [1.54, 1.807) is 0 Å². The summed E-state index contributed by atoms with van der Waals surface area (Å²) in [4.78, 5) is 15.0. The zero-order valence-corrected chi connectivity index (χ0v) is 17.6. The number of nitrogens with zero attached hydrogens (tertiary/aromatic N) is 3. The molecular weight excluding hydrogens is 344 g/mol. The average Bonchev–Trinajstić information content (AvgIpc) is 3.17. The van der Waals surface area contributed by atoms with Crippen molar-refractivity contribution in [3.05, 3.63) is 70.9 Å². The van der Waals surface area contributed by atoms with Crippen molar-refractivity contribution < 1.29 is 0 Å². The number of aromatic amines is 1. The molecule has 2 aliphatic rings. The Hall–Kier alpha value is -2.62. The lowest BCUT2D eigenvalue weighted by Gasteiger charge is -2.38. The van der Waals surface area contributed by atoms with E-state index >= 15 is 0 Å². The number of fused-ring (bicyclic) bond motifs is 1. The van der Waals surface area contributed by atoms with Crippen molar-refractivity contribution in [2.45, 2.75) is 46.6 Å². The highest BCUT2D eigenvalue weighted by Gasteiger charge is 2.29. The van der Waals surface area contributed by atoms with Gasteiger partial charge in [-0.15, -0.1) is 0 Å². The average molecular weight is 377 g/mol. The molecule has 28 heavy (non-hydrogen) atoms. The molecule has 4 heteroatoms. The minimum Gasteiger partial charge on any atom is -0.360 e. The summed E-state index contributed by atoms with van der Waals surface area (Å²) in [6, 6.07) is 2.35. The van der Waals surface area contributed by atoms with Gasteiger partial charge in [-0.25, -0.2) is 4.99 Å². The first-order valence-corrected chi connectivity index (χ1v) is 10.2. The Kier molecular flexibility index (Phi) is 6.18.